The van der Waals surface area contributed by atoms with E-state index in [9.17, 15) is 23.1 Å². The summed E-state index contributed by atoms with van der Waals surface area (Å²) >= 11 is 0. The summed E-state index contributed by atoms with van der Waals surface area (Å²) in [4.78, 5) is 32.7. The van der Waals surface area contributed by atoms with Gasteiger partial charge in [-0.25, -0.2) is 8.42 Å². The van der Waals surface area contributed by atoms with Crippen molar-refractivity contribution in [1.29, 1.82) is 0 Å². The Morgan fingerprint density at radius 3 is 2.47 bits per heavy atom. The van der Waals surface area contributed by atoms with Crippen LogP contribution in [0.5, 0.6) is 5.75 Å². The number of amides is 2. The maximum atomic E-state index is 14.3. The summed E-state index contributed by atoms with van der Waals surface area (Å²) in [5.74, 6) is -0.212. The Hall–Kier alpha value is -3.19. The first-order valence-corrected chi connectivity index (χ1v) is 18.0. The molecular weight excluding hydrogens is 620 g/mol. The largest absolute Gasteiger partial charge is 0.490 e. The molecule has 4 atom stereocenters. The number of aliphatic hydroxyl groups excluding tert-OH is 1. The van der Waals surface area contributed by atoms with Gasteiger partial charge in [0.15, 0.2) is 0 Å². The molecule has 262 valence electrons. The highest BCUT2D eigenvalue weighted by Crippen LogP contribution is 2.29. The van der Waals surface area contributed by atoms with Crippen LogP contribution in [-0.2, 0) is 19.6 Å². The molecule has 2 aromatic carbocycles. The van der Waals surface area contributed by atoms with Crippen LogP contribution in [0.4, 0.5) is 5.69 Å². The van der Waals surface area contributed by atoms with Gasteiger partial charge in [-0.05, 0) is 97.4 Å². The summed E-state index contributed by atoms with van der Waals surface area (Å²) in [7, 11) is 1.83. The zero-order valence-electron chi connectivity index (χ0n) is 29.1. The fourth-order valence-corrected chi connectivity index (χ4v) is 6.54. The lowest BCUT2D eigenvalue weighted by molar-refractivity contribution is -0.132. The Morgan fingerprint density at radius 1 is 1.11 bits per heavy atom. The number of ether oxygens (including phenoxy) is 2. The van der Waals surface area contributed by atoms with Crippen LogP contribution in [-0.4, -0.2) is 112 Å². The predicted octanol–water partition coefficient (Wildman–Crippen LogP) is 4.39. The minimum absolute atomic E-state index is 0.0410. The van der Waals surface area contributed by atoms with Gasteiger partial charge in [0.25, 0.3) is 15.9 Å². The molecular formula is C35H54N4O7S. The molecule has 0 aliphatic carbocycles. The third kappa shape index (κ3) is 11.5. The molecule has 1 aliphatic rings. The van der Waals surface area contributed by atoms with E-state index >= 15 is 0 Å². The van der Waals surface area contributed by atoms with Crippen LogP contribution in [0.15, 0.2) is 47.4 Å². The van der Waals surface area contributed by atoms with E-state index < -0.39 is 22.0 Å². The molecule has 0 spiro atoms. The van der Waals surface area contributed by atoms with Crippen molar-refractivity contribution >= 4 is 27.5 Å². The Kier molecular flexibility index (Phi) is 14.5. The molecule has 0 saturated heterocycles. The third-order valence-corrected chi connectivity index (χ3v) is 9.91. The number of nitrogens with one attached hydrogen (secondary N) is 1. The van der Waals surface area contributed by atoms with Crippen LogP contribution in [0.1, 0.15) is 68.8 Å². The number of anilines is 1. The summed E-state index contributed by atoms with van der Waals surface area (Å²) in [6, 6.07) is 10.7. The zero-order valence-corrected chi connectivity index (χ0v) is 29.9. The average Bonchev–Trinajstić information content (AvgIpc) is 3.02. The summed E-state index contributed by atoms with van der Waals surface area (Å²) in [5, 5.41) is 10.2. The molecule has 11 nitrogen and oxygen atoms in total. The zero-order chi connectivity index (χ0) is 34.7. The second kappa shape index (κ2) is 17.8. The van der Waals surface area contributed by atoms with Gasteiger partial charge in [-0.15, -0.1) is 0 Å². The normalized spacial score (nSPS) is 20.6. The summed E-state index contributed by atoms with van der Waals surface area (Å²) in [6.07, 6.45) is 3.00. The molecule has 47 heavy (non-hydrogen) atoms. The second-order valence-electron chi connectivity index (χ2n) is 13.1. The van der Waals surface area contributed by atoms with Crippen LogP contribution in [0.25, 0.3) is 0 Å². The monoisotopic (exact) mass is 674 g/mol. The molecule has 12 heteroatoms. The van der Waals surface area contributed by atoms with Crippen LogP contribution < -0.4 is 9.46 Å². The lowest BCUT2D eigenvalue weighted by atomic mass is 10.0. The first kappa shape index (κ1) is 38.3. The highest BCUT2D eigenvalue weighted by Gasteiger charge is 2.31. The SMILES string of the molecule is Cc1ccc(S(=O)(=O)Nc2ccc3c(c2)C(=O)N([C@H](C)CO)C[C@H](C)[C@H](CN(C)C(=O)CCCN(C)C)OCCCC[C@H](C)O3)cc1. The Morgan fingerprint density at radius 2 is 1.81 bits per heavy atom. The molecule has 0 saturated carbocycles. The molecule has 1 aliphatic heterocycles. The number of hydrogen-bond donors (Lipinski definition) is 2. The number of rotatable bonds is 11. The number of aryl methyl sites for hydroxylation is 1. The average molecular weight is 675 g/mol. The fourth-order valence-electron chi connectivity index (χ4n) is 5.49. The maximum Gasteiger partial charge on any atom is 0.261 e. The molecule has 2 N–H and O–H groups in total. The molecule has 0 radical (unpaired) electrons. The number of benzene rings is 2. The number of hydrogen-bond acceptors (Lipinski definition) is 8. The third-order valence-electron chi connectivity index (χ3n) is 8.51. The first-order valence-electron chi connectivity index (χ1n) is 16.5. The van der Waals surface area contributed by atoms with E-state index in [0.717, 1.165) is 37.8 Å². The Bertz CT molecular complexity index is 1420. The molecule has 0 unspecified atom stereocenters. The minimum atomic E-state index is -3.92. The second-order valence-corrected chi connectivity index (χ2v) is 14.8. The van der Waals surface area contributed by atoms with E-state index in [1.54, 1.807) is 48.0 Å². The summed E-state index contributed by atoms with van der Waals surface area (Å²) in [6.45, 7) is 9.23. The lowest BCUT2D eigenvalue weighted by Gasteiger charge is -2.36. The molecule has 0 aromatic heterocycles. The summed E-state index contributed by atoms with van der Waals surface area (Å²) < 4.78 is 41.6. The van der Waals surface area contributed by atoms with Gasteiger partial charge in [0.05, 0.1) is 35.3 Å². The highest BCUT2D eigenvalue weighted by molar-refractivity contribution is 7.92. The van der Waals surface area contributed by atoms with Gasteiger partial charge in [-0.3, -0.25) is 14.3 Å². The van der Waals surface area contributed by atoms with E-state index in [4.69, 9.17) is 9.47 Å². The van der Waals surface area contributed by atoms with Crippen LogP contribution in [0.3, 0.4) is 0 Å². The van der Waals surface area contributed by atoms with Crippen molar-refractivity contribution in [3.8, 4) is 5.75 Å². The first-order chi connectivity index (χ1) is 22.2. The van der Waals surface area contributed by atoms with Crippen LogP contribution >= 0.6 is 0 Å². The summed E-state index contributed by atoms with van der Waals surface area (Å²) in [5.41, 5.74) is 1.34. The molecule has 0 bridgehead atoms. The van der Waals surface area contributed by atoms with E-state index in [0.29, 0.717) is 25.3 Å². The molecule has 2 amide bonds. The molecule has 3 rings (SSSR count). The van der Waals surface area contributed by atoms with Gasteiger partial charge in [0.1, 0.15) is 5.75 Å². The number of likely N-dealkylation sites (N-methyl/N-ethyl adjacent to an activating group) is 1. The highest BCUT2D eigenvalue weighted by atomic mass is 32.2. The van der Waals surface area contributed by atoms with Gasteiger partial charge in [-0.2, -0.15) is 0 Å². The number of sulfonamides is 1. The van der Waals surface area contributed by atoms with Gasteiger partial charge < -0.3 is 29.3 Å². The van der Waals surface area contributed by atoms with Gasteiger partial charge in [-0.1, -0.05) is 24.6 Å². The van der Waals surface area contributed by atoms with Crippen molar-refractivity contribution < 1.29 is 32.6 Å². The van der Waals surface area contributed by atoms with Crippen LogP contribution in [0.2, 0.25) is 0 Å². The van der Waals surface area contributed by atoms with E-state index in [-0.39, 0.29) is 53.3 Å². The smallest absolute Gasteiger partial charge is 0.261 e. The number of fused-ring (bicyclic) bond motifs is 1. The fraction of sp³-hybridized carbons (Fsp3) is 0.600. The van der Waals surface area contributed by atoms with Crippen LogP contribution in [0, 0.1) is 12.8 Å². The van der Waals surface area contributed by atoms with Crippen molar-refractivity contribution in [3.63, 3.8) is 0 Å². The van der Waals surface area contributed by atoms with Crippen molar-refractivity contribution in [2.24, 2.45) is 5.92 Å². The maximum absolute atomic E-state index is 14.3. The Balaban J connectivity index is 1.93. The van der Waals surface area contributed by atoms with E-state index in [1.165, 1.54) is 18.2 Å². The topological polar surface area (TPSA) is 129 Å². The number of carbonyl (C=O) groups is 2. The van der Waals surface area contributed by atoms with Crippen molar-refractivity contribution in [2.45, 2.75) is 82.9 Å². The number of nitrogens with zero attached hydrogens (tertiary/aromatic N) is 3. The number of aliphatic hydroxyl groups is 1. The Labute approximate surface area is 281 Å². The van der Waals surface area contributed by atoms with Crippen molar-refractivity contribution in [1.82, 2.24) is 14.7 Å². The van der Waals surface area contributed by atoms with E-state index in [1.807, 2.05) is 34.9 Å². The van der Waals surface area contributed by atoms with Gasteiger partial charge >= 0.3 is 0 Å². The predicted molar refractivity (Wildman–Crippen MR) is 184 cm³/mol. The van der Waals surface area contributed by atoms with Gasteiger partial charge in [0.2, 0.25) is 5.91 Å². The van der Waals surface area contributed by atoms with Crippen molar-refractivity contribution in [2.75, 3.05) is 58.7 Å². The molecule has 2 aromatic rings. The lowest BCUT2D eigenvalue weighted by Crippen LogP contribution is -2.48. The minimum Gasteiger partial charge on any atom is -0.490 e. The molecule has 1 heterocycles. The van der Waals surface area contributed by atoms with Gasteiger partial charge in [0, 0.05) is 44.8 Å². The molecule has 0 fully saturated rings. The van der Waals surface area contributed by atoms with Crippen molar-refractivity contribution in [3.05, 3.63) is 53.6 Å². The number of carbonyl (C=O) groups excluding carboxylic acids is 2. The van der Waals surface area contributed by atoms with E-state index in [2.05, 4.69) is 9.62 Å². The quantitative estimate of drug-likeness (QED) is 0.359. The standard InChI is InChI=1S/C35H54N4O7S/c1-25-13-16-30(17-14-25)47(43,44)36-29-15-18-32-31(21-29)35(42)39(27(3)24-40)22-26(2)33(45-20-9-8-11-28(4)46-32)23-38(7)34(41)12-10-19-37(5)6/h13-18,21,26-28,33,36,40H,8-12,19-20,22-24H2,1-7H3/t26-,27+,28-,33-/m0/s1.